The molecule has 2 saturated heterocycles. The highest BCUT2D eigenvalue weighted by Gasteiger charge is 2.32. The third-order valence-corrected chi connectivity index (χ3v) is 4.56. The quantitative estimate of drug-likeness (QED) is 0.637. The molecule has 1 N–H and O–H groups in total. The highest BCUT2D eigenvalue weighted by Crippen LogP contribution is 2.21. The molecule has 0 radical (unpaired) electrons. The van der Waals surface area contributed by atoms with Crippen molar-refractivity contribution in [2.75, 3.05) is 33.4 Å². The normalized spacial score (nSPS) is 24.2. The number of nitrogens with one attached hydrogen (secondary N) is 1. The summed E-state index contributed by atoms with van der Waals surface area (Å²) in [7, 11) is 1.73. The molecule has 1 aromatic rings. The first-order valence-electron chi connectivity index (χ1n) is 8.88. The first kappa shape index (κ1) is 18.8. The molecule has 0 saturated carbocycles. The van der Waals surface area contributed by atoms with Gasteiger partial charge in [0.05, 0.1) is 12.7 Å². The Morgan fingerprint density at radius 1 is 1.35 bits per heavy atom. The van der Waals surface area contributed by atoms with Crippen molar-refractivity contribution in [3.63, 3.8) is 0 Å². The van der Waals surface area contributed by atoms with Crippen molar-refractivity contribution in [2.24, 2.45) is 4.99 Å². The van der Waals surface area contributed by atoms with Crippen molar-refractivity contribution in [1.82, 2.24) is 10.2 Å². The summed E-state index contributed by atoms with van der Waals surface area (Å²) in [4.78, 5) is 6.49. The molecule has 26 heavy (non-hydrogen) atoms. The molecule has 6 nitrogen and oxygen atoms in total. The topological polar surface area (TPSA) is 55.3 Å². The Morgan fingerprint density at radius 3 is 2.92 bits per heavy atom. The van der Waals surface area contributed by atoms with Crippen LogP contribution in [0.25, 0.3) is 0 Å². The summed E-state index contributed by atoms with van der Waals surface area (Å²) >= 11 is 0. The average molecular weight is 369 g/mol. The van der Waals surface area contributed by atoms with E-state index in [2.05, 4.69) is 19.9 Å². The Hall–Kier alpha value is -1.93. The van der Waals surface area contributed by atoms with Crippen LogP contribution in [0.3, 0.4) is 0 Å². The van der Waals surface area contributed by atoms with E-state index in [1.165, 1.54) is 6.07 Å². The molecular weight excluding hydrogens is 344 g/mol. The number of alkyl halides is 2. The van der Waals surface area contributed by atoms with Crippen molar-refractivity contribution in [2.45, 2.75) is 38.2 Å². The molecule has 0 aromatic heterocycles. The van der Waals surface area contributed by atoms with Gasteiger partial charge in [-0.05, 0) is 30.5 Å². The molecule has 0 spiro atoms. The monoisotopic (exact) mass is 369 g/mol. The van der Waals surface area contributed by atoms with Crippen LogP contribution in [0.2, 0.25) is 0 Å². The molecule has 144 valence electrons. The van der Waals surface area contributed by atoms with Gasteiger partial charge < -0.3 is 24.4 Å². The van der Waals surface area contributed by atoms with Gasteiger partial charge in [-0.25, -0.2) is 0 Å². The fourth-order valence-electron chi connectivity index (χ4n) is 3.33. The fourth-order valence-corrected chi connectivity index (χ4v) is 3.33. The van der Waals surface area contributed by atoms with E-state index in [9.17, 15) is 8.78 Å². The lowest BCUT2D eigenvalue weighted by atomic mass is 10.1. The highest BCUT2D eigenvalue weighted by molar-refractivity contribution is 5.80. The number of morpholine rings is 1. The van der Waals surface area contributed by atoms with Gasteiger partial charge in [0.1, 0.15) is 11.9 Å². The lowest BCUT2D eigenvalue weighted by molar-refractivity contribution is -0.0817. The second-order valence-corrected chi connectivity index (χ2v) is 6.33. The molecule has 0 amide bonds. The van der Waals surface area contributed by atoms with E-state index < -0.39 is 6.61 Å². The van der Waals surface area contributed by atoms with Crippen LogP contribution < -0.4 is 10.1 Å². The van der Waals surface area contributed by atoms with E-state index in [0.717, 1.165) is 44.1 Å². The van der Waals surface area contributed by atoms with E-state index in [1.54, 1.807) is 19.2 Å². The Balaban J connectivity index is 1.56. The van der Waals surface area contributed by atoms with Crippen LogP contribution in [-0.2, 0) is 16.0 Å². The van der Waals surface area contributed by atoms with Gasteiger partial charge >= 0.3 is 6.61 Å². The third-order valence-electron chi connectivity index (χ3n) is 4.56. The van der Waals surface area contributed by atoms with Gasteiger partial charge in [-0.15, -0.1) is 0 Å². The second kappa shape index (κ2) is 9.14. The van der Waals surface area contributed by atoms with E-state index in [4.69, 9.17) is 9.47 Å². The van der Waals surface area contributed by atoms with Gasteiger partial charge in [-0.1, -0.05) is 12.1 Å². The van der Waals surface area contributed by atoms with Crippen molar-refractivity contribution in [3.05, 3.63) is 29.8 Å². The SMILES string of the molecule is CN=C(NCc1cccc(OC(F)F)c1)N1CCOC(C2CCCO2)C1. The minimum absolute atomic E-state index is 0.0487. The second-order valence-electron chi connectivity index (χ2n) is 6.33. The summed E-state index contributed by atoms with van der Waals surface area (Å²) in [5, 5.41) is 3.28. The molecule has 2 unspecified atom stereocenters. The van der Waals surface area contributed by atoms with Crippen LogP contribution >= 0.6 is 0 Å². The van der Waals surface area contributed by atoms with Crippen LogP contribution in [0.15, 0.2) is 29.3 Å². The molecule has 8 heteroatoms. The highest BCUT2D eigenvalue weighted by atomic mass is 19.3. The van der Waals surface area contributed by atoms with Crippen molar-refractivity contribution < 1.29 is 23.0 Å². The van der Waals surface area contributed by atoms with E-state index >= 15 is 0 Å². The Kier molecular flexibility index (Phi) is 6.62. The Bertz CT molecular complexity index is 609. The van der Waals surface area contributed by atoms with Crippen LogP contribution in [0.4, 0.5) is 8.78 Å². The number of benzene rings is 1. The smallest absolute Gasteiger partial charge is 0.387 e. The van der Waals surface area contributed by atoms with Gasteiger partial charge in [-0.2, -0.15) is 8.78 Å². The van der Waals surface area contributed by atoms with Gasteiger partial charge in [0.2, 0.25) is 0 Å². The van der Waals surface area contributed by atoms with Crippen molar-refractivity contribution in [3.8, 4) is 5.75 Å². The average Bonchev–Trinajstić information content (AvgIpc) is 3.17. The maximum absolute atomic E-state index is 12.3. The van der Waals surface area contributed by atoms with Gasteiger partial charge in [-0.3, -0.25) is 4.99 Å². The number of hydrogen-bond donors (Lipinski definition) is 1. The number of aliphatic imine (C=N–C) groups is 1. The maximum Gasteiger partial charge on any atom is 0.387 e. The van der Waals surface area contributed by atoms with Gasteiger partial charge in [0, 0.05) is 33.3 Å². The number of guanidine groups is 1. The summed E-state index contributed by atoms with van der Waals surface area (Å²) in [6.07, 6.45) is 2.31. The van der Waals surface area contributed by atoms with E-state index in [0.29, 0.717) is 13.2 Å². The predicted octanol–water partition coefficient (Wildman–Crippen LogP) is 2.24. The molecule has 2 aliphatic rings. The molecule has 2 aliphatic heterocycles. The maximum atomic E-state index is 12.3. The minimum atomic E-state index is -2.82. The van der Waals surface area contributed by atoms with Crippen LogP contribution in [0.1, 0.15) is 18.4 Å². The van der Waals surface area contributed by atoms with Crippen LogP contribution in [-0.4, -0.2) is 63.0 Å². The summed E-state index contributed by atoms with van der Waals surface area (Å²) < 4.78 is 40.7. The van der Waals surface area contributed by atoms with Gasteiger partial charge in [0.15, 0.2) is 5.96 Å². The standard InChI is InChI=1S/C18H25F2N3O3/c1-21-18(22-11-13-4-2-5-14(10-13)26-17(19)20)23-7-9-25-16(12-23)15-6-3-8-24-15/h2,4-5,10,15-17H,3,6-9,11-12H2,1H3,(H,21,22). The lowest BCUT2D eigenvalue weighted by Gasteiger charge is -2.37. The number of halogens is 2. The zero-order chi connectivity index (χ0) is 18.4. The Morgan fingerprint density at radius 2 is 2.19 bits per heavy atom. The molecule has 1 aromatic carbocycles. The summed E-state index contributed by atoms with van der Waals surface area (Å²) in [6.45, 7) is 0.539. The predicted molar refractivity (Wildman–Crippen MR) is 93.6 cm³/mol. The summed E-state index contributed by atoms with van der Waals surface area (Å²) in [6, 6.07) is 6.66. The minimum Gasteiger partial charge on any atom is -0.435 e. The van der Waals surface area contributed by atoms with E-state index in [1.807, 2.05) is 6.07 Å². The molecule has 0 aliphatic carbocycles. The molecule has 2 fully saturated rings. The van der Waals surface area contributed by atoms with Crippen molar-refractivity contribution >= 4 is 5.96 Å². The lowest BCUT2D eigenvalue weighted by Crippen LogP contribution is -2.53. The first-order chi connectivity index (χ1) is 12.7. The number of hydrogen-bond acceptors (Lipinski definition) is 4. The first-order valence-corrected chi connectivity index (χ1v) is 8.88. The zero-order valence-electron chi connectivity index (χ0n) is 14.9. The number of nitrogens with zero attached hydrogens (tertiary/aromatic N) is 2. The molecule has 3 rings (SSSR count). The van der Waals surface area contributed by atoms with E-state index in [-0.39, 0.29) is 18.0 Å². The van der Waals surface area contributed by atoms with Crippen LogP contribution in [0.5, 0.6) is 5.75 Å². The Labute approximate surface area is 152 Å². The zero-order valence-corrected chi connectivity index (χ0v) is 14.9. The van der Waals surface area contributed by atoms with Crippen molar-refractivity contribution in [1.29, 1.82) is 0 Å². The molecule has 2 heterocycles. The summed E-state index contributed by atoms with van der Waals surface area (Å²) in [5.74, 6) is 0.913. The van der Waals surface area contributed by atoms with Gasteiger partial charge in [0.25, 0.3) is 0 Å². The number of rotatable bonds is 5. The van der Waals surface area contributed by atoms with Crippen LogP contribution in [0, 0.1) is 0 Å². The molecule has 2 atom stereocenters. The third kappa shape index (κ3) is 5.04. The largest absolute Gasteiger partial charge is 0.435 e. The fraction of sp³-hybridized carbons (Fsp3) is 0.611. The number of ether oxygens (including phenoxy) is 3. The molecule has 0 bridgehead atoms. The molecular formula is C18H25F2N3O3. The summed E-state index contributed by atoms with van der Waals surface area (Å²) in [5.41, 5.74) is 0.841.